The molecule has 0 aliphatic heterocycles. The highest BCUT2D eigenvalue weighted by Crippen LogP contribution is 2.27. The van der Waals surface area contributed by atoms with E-state index in [0.717, 1.165) is 10.0 Å². The lowest BCUT2D eigenvalue weighted by Gasteiger charge is -2.15. The van der Waals surface area contributed by atoms with Crippen molar-refractivity contribution in [2.24, 2.45) is 0 Å². The molecule has 4 nitrogen and oxygen atoms in total. The Balaban J connectivity index is 1.99. The summed E-state index contributed by atoms with van der Waals surface area (Å²) in [5.74, 6) is 0.618. The molecule has 0 fully saturated rings. The lowest BCUT2D eigenvalue weighted by Crippen LogP contribution is -2.24. The van der Waals surface area contributed by atoms with E-state index in [2.05, 4.69) is 26.1 Å². The van der Waals surface area contributed by atoms with Crippen molar-refractivity contribution in [1.82, 2.24) is 15.1 Å². The molecule has 0 saturated heterocycles. The molecule has 1 aromatic carbocycles. The van der Waals surface area contributed by atoms with Crippen molar-refractivity contribution >= 4 is 15.9 Å². The van der Waals surface area contributed by atoms with E-state index in [1.807, 2.05) is 24.3 Å². The molecule has 0 spiro atoms. The van der Waals surface area contributed by atoms with Crippen LogP contribution >= 0.6 is 15.9 Å². The van der Waals surface area contributed by atoms with Gasteiger partial charge in [0, 0.05) is 11.0 Å². The van der Waals surface area contributed by atoms with Crippen molar-refractivity contribution in [3.63, 3.8) is 0 Å². The maximum Gasteiger partial charge on any atom is 0.390 e. The van der Waals surface area contributed by atoms with Gasteiger partial charge in [-0.1, -0.05) is 12.1 Å². The maximum absolute atomic E-state index is 12.1. The standard InChI is InChI=1S/C13H13BrF3N3O/c1-20(7-6-13(15,16)17)8-11-18-19-12(21-11)9-4-2-3-5-10(9)14/h2-5H,6-8H2,1H3. The van der Waals surface area contributed by atoms with Crippen LogP contribution in [0.1, 0.15) is 12.3 Å². The number of nitrogens with zero attached hydrogens (tertiary/aromatic N) is 3. The average Bonchev–Trinajstić information content (AvgIpc) is 2.84. The van der Waals surface area contributed by atoms with Crippen molar-refractivity contribution in [3.8, 4) is 11.5 Å². The summed E-state index contributed by atoms with van der Waals surface area (Å²) < 4.78 is 42.7. The van der Waals surface area contributed by atoms with Crippen molar-refractivity contribution in [3.05, 3.63) is 34.6 Å². The van der Waals surface area contributed by atoms with Gasteiger partial charge in [-0.25, -0.2) is 0 Å². The van der Waals surface area contributed by atoms with Crippen LogP contribution in [0.2, 0.25) is 0 Å². The zero-order valence-corrected chi connectivity index (χ0v) is 12.8. The number of alkyl halides is 3. The molecular formula is C13H13BrF3N3O. The largest absolute Gasteiger partial charge is 0.419 e. The third-order valence-corrected chi connectivity index (χ3v) is 3.44. The van der Waals surface area contributed by atoms with Crippen molar-refractivity contribution < 1.29 is 17.6 Å². The number of aromatic nitrogens is 2. The van der Waals surface area contributed by atoms with Gasteiger partial charge in [-0.15, -0.1) is 10.2 Å². The first-order chi connectivity index (χ1) is 9.85. The molecule has 0 saturated carbocycles. The summed E-state index contributed by atoms with van der Waals surface area (Å²) in [6.45, 7) is 0.0593. The highest BCUT2D eigenvalue weighted by molar-refractivity contribution is 9.10. The summed E-state index contributed by atoms with van der Waals surface area (Å²) in [5, 5.41) is 7.77. The van der Waals surface area contributed by atoms with Gasteiger partial charge in [0.15, 0.2) is 0 Å². The molecule has 0 aliphatic carbocycles. The number of rotatable bonds is 5. The molecular weight excluding hydrogens is 351 g/mol. The number of halogens is 4. The third-order valence-electron chi connectivity index (χ3n) is 2.75. The molecule has 21 heavy (non-hydrogen) atoms. The minimum atomic E-state index is -4.16. The Kier molecular flexibility index (Phi) is 5.00. The molecule has 0 bridgehead atoms. The molecule has 0 radical (unpaired) electrons. The van der Waals surface area contributed by atoms with Crippen LogP contribution in [0.25, 0.3) is 11.5 Å². The van der Waals surface area contributed by atoms with Gasteiger partial charge in [0.05, 0.1) is 18.5 Å². The summed E-state index contributed by atoms with van der Waals surface area (Å²) in [7, 11) is 1.58. The Hall–Kier alpha value is -1.41. The molecule has 0 N–H and O–H groups in total. The Morgan fingerprint density at radius 3 is 2.62 bits per heavy atom. The van der Waals surface area contributed by atoms with E-state index in [0.29, 0.717) is 5.89 Å². The molecule has 0 aliphatic rings. The first kappa shape index (κ1) is 16.0. The highest BCUT2D eigenvalue weighted by atomic mass is 79.9. The molecule has 1 heterocycles. The quantitative estimate of drug-likeness (QED) is 0.808. The van der Waals surface area contributed by atoms with Gasteiger partial charge in [-0.2, -0.15) is 13.2 Å². The SMILES string of the molecule is CN(CCC(F)(F)F)Cc1nnc(-c2ccccc2Br)o1. The second-order valence-corrected chi connectivity index (χ2v) is 5.44. The predicted molar refractivity (Wildman–Crippen MR) is 74.4 cm³/mol. The molecule has 2 aromatic rings. The van der Waals surface area contributed by atoms with Crippen LogP contribution in [0.15, 0.2) is 33.2 Å². The maximum atomic E-state index is 12.1. The van der Waals surface area contributed by atoms with Gasteiger partial charge in [0.2, 0.25) is 11.8 Å². The zero-order valence-electron chi connectivity index (χ0n) is 11.2. The van der Waals surface area contributed by atoms with E-state index >= 15 is 0 Å². The van der Waals surface area contributed by atoms with Crippen LogP contribution in [-0.4, -0.2) is 34.9 Å². The lowest BCUT2D eigenvalue weighted by atomic mass is 10.2. The van der Waals surface area contributed by atoms with E-state index in [4.69, 9.17) is 4.42 Å². The minimum Gasteiger partial charge on any atom is -0.419 e. The number of benzene rings is 1. The molecule has 0 unspecified atom stereocenters. The Labute approximate surface area is 128 Å². The van der Waals surface area contributed by atoms with Crippen LogP contribution in [0.3, 0.4) is 0 Å². The van der Waals surface area contributed by atoms with Crippen LogP contribution in [0, 0.1) is 0 Å². The first-order valence-electron chi connectivity index (χ1n) is 6.18. The second kappa shape index (κ2) is 6.57. The van der Waals surface area contributed by atoms with Crippen molar-refractivity contribution in [2.45, 2.75) is 19.1 Å². The van der Waals surface area contributed by atoms with E-state index in [-0.39, 0.29) is 19.0 Å². The van der Waals surface area contributed by atoms with Gasteiger partial charge in [-0.05, 0) is 35.1 Å². The fourth-order valence-electron chi connectivity index (χ4n) is 1.69. The summed E-state index contributed by atoms with van der Waals surface area (Å²) in [4.78, 5) is 1.49. The summed E-state index contributed by atoms with van der Waals surface area (Å²) in [6.07, 6.45) is -5.03. The van der Waals surface area contributed by atoms with E-state index < -0.39 is 12.6 Å². The zero-order chi connectivity index (χ0) is 15.5. The fraction of sp³-hybridized carbons (Fsp3) is 0.385. The number of hydrogen-bond donors (Lipinski definition) is 0. The van der Waals surface area contributed by atoms with Gasteiger partial charge in [0.25, 0.3) is 0 Å². The van der Waals surface area contributed by atoms with Gasteiger partial charge >= 0.3 is 6.18 Å². The monoisotopic (exact) mass is 363 g/mol. The fourth-order valence-corrected chi connectivity index (χ4v) is 2.14. The minimum absolute atomic E-state index is 0.115. The first-order valence-corrected chi connectivity index (χ1v) is 6.97. The van der Waals surface area contributed by atoms with E-state index in [1.165, 1.54) is 4.90 Å². The summed E-state index contributed by atoms with van der Waals surface area (Å²) in [5.41, 5.74) is 0.745. The van der Waals surface area contributed by atoms with E-state index in [1.54, 1.807) is 7.05 Å². The average molecular weight is 364 g/mol. The van der Waals surface area contributed by atoms with Crippen molar-refractivity contribution in [1.29, 1.82) is 0 Å². The van der Waals surface area contributed by atoms with E-state index in [9.17, 15) is 13.2 Å². The summed E-state index contributed by atoms with van der Waals surface area (Å²) in [6, 6.07) is 7.35. The lowest BCUT2D eigenvalue weighted by molar-refractivity contribution is -0.137. The van der Waals surface area contributed by atoms with Crippen LogP contribution in [-0.2, 0) is 6.54 Å². The molecule has 8 heteroatoms. The third kappa shape index (κ3) is 4.82. The van der Waals surface area contributed by atoms with Crippen LogP contribution in [0.4, 0.5) is 13.2 Å². The Morgan fingerprint density at radius 1 is 1.24 bits per heavy atom. The molecule has 114 valence electrons. The summed E-state index contributed by atoms with van der Waals surface area (Å²) >= 11 is 3.38. The predicted octanol–water partition coefficient (Wildman–Crippen LogP) is 3.88. The van der Waals surface area contributed by atoms with Gasteiger partial charge < -0.3 is 4.42 Å². The smallest absolute Gasteiger partial charge is 0.390 e. The molecule has 2 rings (SSSR count). The number of hydrogen-bond acceptors (Lipinski definition) is 4. The normalized spacial score (nSPS) is 12.1. The highest BCUT2D eigenvalue weighted by Gasteiger charge is 2.27. The topological polar surface area (TPSA) is 42.2 Å². The molecule has 1 aromatic heterocycles. The second-order valence-electron chi connectivity index (χ2n) is 4.58. The van der Waals surface area contributed by atoms with Crippen molar-refractivity contribution in [2.75, 3.05) is 13.6 Å². The van der Waals surface area contributed by atoms with Gasteiger partial charge in [0.1, 0.15) is 0 Å². The molecule has 0 amide bonds. The van der Waals surface area contributed by atoms with Gasteiger partial charge in [-0.3, -0.25) is 4.90 Å². The Morgan fingerprint density at radius 2 is 1.95 bits per heavy atom. The molecule has 0 atom stereocenters. The van der Waals surface area contributed by atoms with Crippen LogP contribution in [0.5, 0.6) is 0 Å². The van der Waals surface area contributed by atoms with Crippen LogP contribution < -0.4 is 0 Å². The Bertz CT molecular complexity index is 600.